The van der Waals surface area contributed by atoms with Gasteiger partial charge in [-0.2, -0.15) is 0 Å². The van der Waals surface area contributed by atoms with Crippen molar-refractivity contribution in [2.45, 2.75) is 52.0 Å². The maximum atomic E-state index is 12.8. The standard InChI is InChI=1S/C19H34FN3O3/c1-15(2)14-21-18(24)16-5-9-22(10-6-16)17-4-3-11-23(12-7-17,13-8-20)19(25)26/h15-17H,3-14H2,1-2H3,(H-,21,24,25,26). The smallest absolute Gasteiger partial charge is 0.257 e. The van der Waals surface area contributed by atoms with Gasteiger partial charge >= 0.3 is 0 Å². The molecule has 7 heteroatoms. The third kappa shape index (κ3) is 5.39. The van der Waals surface area contributed by atoms with Crippen LogP contribution in [0.2, 0.25) is 0 Å². The number of rotatable bonds is 6. The molecule has 0 radical (unpaired) electrons. The predicted octanol–water partition coefficient (Wildman–Crippen LogP) is 1.15. The summed E-state index contributed by atoms with van der Waals surface area (Å²) in [5.74, 6) is 0.701. The van der Waals surface area contributed by atoms with Gasteiger partial charge in [-0.3, -0.25) is 9.28 Å². The largest absolute Gasteiger partial charge is 0.498 e. The first-order valence-electron chi connectivity index (χ1n) is 10.0. The molecular weight excluding hydrogens is 337 g/mol. The Balaban J connectivity index is 1.84. The third-order valence-corrected chi connectivity index (χ3v) is 6.01. The van der Waals surface area contributed by atoms with E-state index in [0.29, 0.717) is 25.0 Å². The lowest BCUT2D eigenvalue weighted by Crippen LogP contribution is -2.60. The molecule has 2 amide bonds. The van der Waals surface area contributed by atoms with Gasteiger partial charge in [-0.15, -0.1) is 0 Å². The van der Waals surface area contributed by atoms with Crippen LogP contribution in [0, 0.1) is 11.8 Å². The molecule has 0 aromatic carbocycles. The minimum atomic E-state index is -1.15. The number of nitrogens with one attached hydrogen (secondary N) is 1. The fourth-order valence-corrected chi connectivity index (χ4v) is 4.28. The zero-order chi connectivity index (χ0) is 19.2. The van der Waals surface area contributed by atoms with E-state index < -0.39 is 12.8 Å². The summed E-state index contributed by atoms with van der Waals surface area (Å²) in [6, 6.07) is 0.327. The van der Waals surface area contributed by atoms with Gasteiger partial charge in [-0.25, -0.2) is 4.39 Å². The quantitative estimate of drug-likeness (QED) is 0.711. The summed E-state index contributed by atoms with van der Waals surface area (Å²) in [5, 5.41) is 14.6. The zero-order valence-corrected chi connectivity index (χ0v) is 16.2. The number of amides is 2. The minimum Gasteiger partial charge on any atom is -0.498 e. The molecule has 0 aromatic heterocycles. The van der Waals surface area contributed by atoms with Crippen LogP contribution in [0.25, 0.3) is 0 Å². The van der Waals surface area contributed by atoms with Gasteiger partial charge in [0.25, 0.3) is 6.09 Å². The lowest BCUT2D eigenvalue weighted by molar-refractivity contribution is -0.875. The summed E-state index contributed by atoms with van der Waals surface area (Å²) in [4.78, 5) is 26.2. The molecule has 2 saturated heterocycles. The van der Waals surface area contributed by atoms with Crippen LogP contribution in [-0.4, -0.2) is 73.4 Å². The number of likely N-dealkylation sites (tertiary alicyclic amines) is 2. The van der Waals surface area contributed by atoms with Gasteiger partial charge in [0.05, 0.1) is 13.1 Å². The lowest BCUT2D eigenvalue weighted by atomic mass is 9.93. The van der Waals surface area contributed by atoms with E-state index in [9.17, 15) is 19.1 Å². The first-order chi connectivity index (χ1) is 12.4. The molecule has 0 bridgehead atoms. The summed E-state index contributed by atoms with van der Waals surface area (Å²) in [5.41, 5.74) is 0. The number of halogens is 1. The number of alkyl halides is 1. The second-order valence-electron chi connectivity index (χ2n) is 8.30. The van der Waals surface area contributed by atoms with Gasteiger partial charge in [0, 0.05) is 24.9 Å². The molecule has 6 nitrogen and oxygen atoms in total. The molecule has 2 heterocycles. The van der Waals surface area contributed by atoms with Gasteiger partial charge in [-0.1, -0.05) is 13.8 Å². The van der Waals surface area contributed by atoms with Crippen molar-refractivity contribution in [3.8, 4) is 0 Å². The van der Waals surface area contributed by atoms with Gasteiger partial charge in [0.1, 0.15) is 13.2 Å². The molecule has 0 aromatic rings. The number of quaternary nitrogens is 1. The Morgan fingerprint density at radius 1 is 1.19 bits per heavy atom. The first-order valence-corrected chi connectivity index (χ1v) is 10.0. The Labute approximate surface area is 156 Å². The van der Waals surface area contributed by atoms with Crippen LogP contribution in [0.1, 0.15) is 46.0 Å². The Morgan fingerprint density at radius 2 is 1.88 bits per heavy atom. The minimum absolute atomic E-state index is 0.00709. The molecule has 2 aliphatic rings. The van der Waals surface area contributed by atoms with Crippen molar-refractivity contribution >= 4 is 12.0 Å². The molecule has 0 aliphatic carbocycles. The Morgan fingerprint density at radius 3 is 2.46 bits per heavy atom. The van der Waals surface area contributed by atoms with E-state index in [1.54, 1.807) is 0 Å². The van der Waals surface area contributed by atoms with Crippen LogP contribution >= 0.6 is 0 Å². The Kier molecular flexibility index (Phi) is 7.83. The number of carbonyl (C=O) groups is 2. The maximum Gasteiger partial charge on any atom is 0.257 e. The summed E-state index contributed by atoms with van der Waals surface area (Å²) < 4.78 is 12.6. The van der Waals surface area contributed by atoms with E-state index in [-0.39, 0.29) is 22.9 Å². The Bertz CT molecular complexity index is 481. The highest BCUT2D eigenvalue weighted by atomic mass is 19.1. The van der Waals surface area contributed by atoms with Crippen LogP contribution in [0.15, 0.2) is 0 Å². The van der Waals surface area contributed by atoms with E-state index in [4.69, 9.17) is 0 Å². The van der Waals surface area contributed by atoms with Crippen molar-refractivity contribution in [1.29, 1.82) is 0 Å². The third-order valence-electron chi connectivity index (χ3n) is 6.01. The molecule has 2 atom stereocenters. The van der Waals surface area contributed by atoms with Crippen molar-refractivity contribution in [3.63, 3.8) is 0 Å². The second-order valence-corrected chi connectivity index (χ2v) is 8.30. The average Bonchev–Trinajstić information content (AvgIpc) is 2.84. The van der Waals surface area contributed by atoms with Crippen LogP contribution in [0.3, 0.4) is 0 Å². The van der Waals surface area contributed by atoms with Crippen LogP contribution < -0.4 is 10.4 Å². The number of carbonyl (C=O) groups excluding carboxylic acids is 2. The molecule has 150 valence electrons. The van der Waals surface area contributed by atoms with Gasteiger partial charge in [-0.05, 0) is 44.7 Å². The Hall–Kier alpha value is -1.21. The molecule has 2 unspecified atom stereocenters. The highest BCUT2D eigenvalue weighted by Gasteiger charge is 2.36. The molecule has 2 aliphatic heterocycles. The SMILES string of the molecule is CC(C)CNC(=O)C1CCN(C2CCC[N+](CCF)(C(=O)[O-])CC2)CC1. The molecule has 2 rings (SSSR count). The van der Waals surface area contributed by atoms with Crippen molar-refractivity contribution in [2.24, 2.45) is 11.8 Å². The highest BCUT2D eigenvalue weighted by Crippen LogP contribution is 2.26. The predicted molar refractivity (Wildman–Crippen MR) is 96.0 cm³/mol. The molecule has 26 heavy (non-hydrogen) atoms. The fourth-order valence-electron chi connectivity index (χ4n) is 4.28. The van der Waals surface area contributed by atoms with Crippen molar-refractivity contribution in [3.05, 3.63) is 0 Å². The number of carboxylic acid groups (broad SMARTS) is 1. The summed E-state index contributed by atoms with van der Waals surface area (Å²) >= 11 is 0. The summed E-state index contributed by atoms with van der Waals surface area (Å²) in [6.45, 7) is 6.91. The molecule has 0 spiro atoms. The van der Waals surface area contributed by atoms with Gasteiger partial charge in [0.15, 0.2) is 0 Å². The molecule has 2 fully saturated rings. The topological polar surface area (TPSA) is 72.5 Å². The van der Waals surface area contributed by atoms with Crippen LogP contribution in [0.4, 0.5) is 9.18 Å². The first kappa shape index (κ1) is 21.1. The van der Waals surface area contributed by atoms with E-state index in [1.807, 2.05) is 0 Å². The van der Waals surface area contributed by atoms with E-state index in [0.717, 1.165) is 51.7 Å². The molecular formula is C19H34FN3O3. The van der Waals surface area contributed by atoms with Crippen molar-refractivity contribution in [2.75, 3.05) is 45.9 Å². The van der Waals surface area contributed by atoms with Crippen LogP contribution in [-0.2, 0) is 4.79 Å². The van der Waals surface area contributed by atoms with E-state index in [2.05, 4.69) is 24.1 Å². The number of piperidine rings is 1. The number of nitrogens with zero attached hydrogens (tertiary/aromatic N) is 2. The zero-order valence-electron chi connectivity index (χ0n) is 16.2. The van der Waals surface area contributed by atoms with E-state index >= 15 is 0 Å². The lowest BCUT2D eigenvalue weighted by Gasteiger charge is -2.38. The summed E-state index contributed by atoms with van der Waals surface area (Å²) in [6.07, 6.45) is 3.01. The van der Waals surface area contributed by atoms with Crippen molar-refractivity contribution in [1.82, 2.24) is 10.2 Å². The molecule has 0 saturated carbocycles. The maximum absolute atomic E-state index is 12.8. The summed E-state index contributed by atoms with van der Waals surface area (Å²) in [7, 11) is 0. The van der Waals surface area contributed by atoms with Crippen molar-refractivity contribution < 1.29 is 23.6 Å². The molecule has 1 N–H and O–H groups in total. The van der Waals surface area contributed by atoms with Gasteiger partial charge < -0.3 is 20.1 Å². The number of hydrogen-bond acceptors (Lipinski definition) is 4. The fraction of sp³-hybridized carbons (Fsp3) is 0.895. The second kappa shape index (κ2) is 9.65. The van der Waals surface area contributed by atoms with Gasteiger partial charge in [0.2, 0.25) is 5.91 Å². The highest BCUT2D eigenvalue weighted by molar-refractivity contribution is 5.78. The average molecular weight is 371 g/mol. The monoisotopic (exact) mass is 371 g/mol. The number of hydrogen-bond donors (Lipinski definition) is 1. The van der Waals surface area contributed by atoms with Crippen LogP contribution in [0.5, 0.6) is 0 Å². The normalized spacial score (nSPS) is 28.7. The van der Waals surface area contributed by atoms with E-state index in [1.165, 1.54) is 0 Å².